The summed E-state index contributed by atoms with van der Waals surface area (Å²) in [5.41, 5.74) is 1.20. The number of rotatable bonds is 5. The van der Waals surface area contributed by atoms with Crippen LogP contribution in [0.25, 0.3) is 0 Å². The summed E-state index contributed by atoms with van der Waals surface area (Å²) in [7, 11) is -3.11. The predicted molar refractivity (Wildman–Crippen MR) is 78.9 cm³/mol. The molecular formula is C15H20N2O2S. The zero-order valence-electron chi connectivity index (χ0n) is 11.5. The molecule has 0 bridgehead atoms. The van der Waals surface area contributed by atoms with Gasteiger partial charge in [-0.25, -0.2) is 8.42 Å². The van der Waals surface area contributed by atoms with E-state index in [1.807, 2.05) is 6.07 Å². The van der Waals surface area contributed by atoms with Crippen molar-refractivity contribution in [3.8, 4) is 6.07 Å². The van der Waals surface area contributed by atoms with E-state index < -0.39 is 9.84 Å². The zero-order valence-corrected chi connectivity index (χ0v) is 12.3. The normalized spacial score (nSPS) is 19.4. The smallest absolute Gasteiger partial charge is 0.154 e. The van der Waals surface area contributed by atoms with Gasteiger partial charge in [-0.3, -0.25) is 0 Å². The molecule has 1 fully saturated rings. The Morgan fingerprint density at radius 1 is 1.35 bits per heavy atom. The van der Waals surface area contributed by atoms with Gasteiger partial charge in [-0.2, -0.15) is 5.26 Å². The van der Waals surface area contributed by atoms with Gasteiger partial charge in [0, 0.05) is 6.04 Å². The van der Waals surface area contributed by atoms with Crippen molar-refractivity contribution >= 4 is 9.84 Å². The summed E-state index contributed by atoms with van der Waals surface area (Å²) in [6, 6.07) is 9.19. The van der Waals surface area contributed by atoms with E-state index in [9.17, 15) is 8.42 Å². The molecule has 1 aliphatic heterocycles. The third-order valence-electron chi connectivity index (χ3n) is 3.63. The van der Waals surface area contributed by atoms with Crippen molar-refractivity contribution in [1.29, 1.82) is 5.26 Å². The highest BCUT2D eigenvalue weighted by atomic mass is 32.2. The van der Waals surface area contributed by atoms with Gasteiger partial charge in [-0.15, -0.1) is 0 Å². The molecule has 0 saturated carbocycles. The van der Waals surface area contributed by atoms with Gasteiger partial charge in [-0.1, -0.05) is 18.6 Å². The Hall–Kier alpha value is -1.38. The Kier molecular flexibility index (Phi) is 5.16. The maximum atomic E-state index is 12.1. The fourth-order valence-corrected chi connectivity index (χ4v) is 4.02. The summed E-state index contributed by atoms with van der Waals surface area (Å²) in [6.45, 7) is 0.995. The van der Waals surface area contributed by atoms with Crippen LogP contribution in [0.3, 0.4) is 0 Å². The number of piperidine rings is 1. The highest BCUT2D eigenvalue weighted by Gasteiger charge is 2.18. The summed E-state index contributed by atoms with van der Waals surface area (Å²) in [6.07, 6.45) is 4.12. The van der Waals surface area contributed by atoms with Crippen molar-refractivity contribution < 1.29 is 8.42 Å². The Morgan fingerprint density at radius 3 is 2.90 bits per heavy atom. The average Bonchev–Trinajstić information content (AvgIpc) is 2.46. The van der Waals surface area contributed by atoms with Crippen LogP contribution in [-0.2, 0) is 15.6 Å². The molecule has 1 N–H and O–H groups in total. The van der Waals surface area contributed by atoms with Gasteiger partial charge in [0.05, 0.1) is 23.1 Å². The van der Waals surface area contributed by atoms with Crippen LogP contribution >= 0.6 is 0 Å². The standard InChI is InChI=1S/C15H20N2O2S/c16-11-13-4-3-5-14(10-13)12-20(18,19)9-7-15-6-1-2-8-17-15/h3-5,10,15,17H,1-2,6-9,12H2. The van der Waals surface area contributed by atoms with Crippen molar-refractivity contribution in [2.75, 3.05) is 12.3 Å². The molecule has 0 amide bonds. The van der Waals surface area contributed by atoms with Crippen LogP contribution in [-0.4, -0.2) is 26.8 Å². The first-order chi connectivity index (χ1) is 9.59. The molecule has 108 valence electrons. The summed E-state index contributed by atoms with van der Waals surface area (Å²) >= 11 is 0. The monoisotopic (exact) mass is 292 g/mol. The first-order valence-electron chi connectivity index (χ1n) is 7.02. The molecule has 0 aromatic heterocycles. The molecule has 5 heteroatoms. The highest BCUT2D eigenvalue weighted by molar-refractivity contribution is 7.90. The van der Waals surface area contributed by atoms with Crippen LogP contribution in [0, 0.1) is 11.3 Å². The molecule has 0 radical (unpaired) electrons. The van der Waals surface area contributed by atoms with Crippen LogP contribution < -0.4 is 5.32 Å². The summed E-state index contributed by atoms with van der Waals surface area (Å²) < 4.78 is 24.3. The zero-order chi connectivity index (χ0) is 14.4. The molecule has 1 aromatic rings. The van der Waals surface area contributed by atoms with Crippen molar-refractivity contribution in [1.82, 2.24) is 5.32 Å². The van der Waals surface area contributed by atoms with E-state index in [1.54, 1.807) is 24.3 Å². The van der Waals surface area contributed by atoms with Crippen molar-refractivity contribution in [2.24, 2.45) is 0 Å². The number of nitrogens with zero attached hydrogens (tertiary/aromatic N) is 1. The second-order valence-corrected chi connectivity index (χ2v) is 7.52. The molecule has 2 rings (SSSR count). The van der Waals surface area contributed by atoms with Gasteiger partial charge in [0.15, 0.2) is 9.84 Å². The van der Waals surface area contributed by atoms with E-state index in [-0.39, 0.29) is 11.5 Å². The van der Waals surface area contributed by atoms with E-state index in [0.29, 0.717) is 23.6 Å². The Labute approximate surface area is 120 Å². The molecule has 20 heavy (non-hydrogen) atoms. The first-order valence-corrected chi connectivity index (χ1v) is 8.84. The minimum atomic E-state index is -3.11. The van der Waals surface area contributed by atoms with Gasteiger partial charge in [0.2, 0.25) is 0 Å². The van der Waals surface area contributed by atoms with Gasteiger partial charge in [0.1, 0.15) is 0 Å². The molecule has 1 aromatic carbocycles. The minimum absolute atomic E-state index is 0.0231. The topological polar surface area (TPSA) is 70.0 Å². The Bertz CT molecular complexity index is 584. The third-order valence-corrected chi connectivity index (χ3v) is 5.26. The lowest BCUT2D eigenvalue weighted by Gasteiger charge is -2.23. The lowest BCUT2D eigenvalue weighted by Crippen LogP contribution is -2.35. The second-order valence-electron chi connectivity index (χ2n) is 5.34. The highest BCUT2D eigenvalue weighted by Crippen LogP contribution is 2.14. The van der Waals surface area contributed by atoms with Crippen molar-refractivity contribution in [3.05, 3.63) is 35.4 Å². The van der Waals surface area contributed by atoms with E-state index in [2.05, 4.69) is 5.32 Å². The van der Waals surface area contributed by atoms with Crippen molar-refractivity contribution in [2.45, 2.75) is 37.5 Å². The second kappa shape index (κ2) is 6.87. The Balaban J connectivity index is 1.91. The summed E-state index contributed by atoms with van der Waals surface area (Å²) in [5, 5.41) is 12.2. The summed E-state index contributed by atoms with van der Waals surface area (Å²) in [4.78, 5) is 0. The molecule has 4 nitrogen and oxygen atoms in total. The lowest BCUT2D eigenvalue weighted by molar-refractivity contribution is 0.392. The maximum Gasteiger partial charge on any atom is 0.154 e. The van der Waals surface area contributed by atoms with Crippen molar-refractivity contribution in [3.63, 3.8) is 0 Å². The molecule has 1 aliphatic rings. The third kappa shape index (κ3) is 4.62. The fraction of sp³-hybridized carbons (Fsp3) is 0.533. The number of sulfone groups is 1. The molecular weight excluding hydrogens is 272 g/mol. The number of hydrogen-bond acceptors (Lipinski definition) is 4. The average molecular weight is 292 g/mol. The van der Waals surface area contributed by atoms with Crippen LogP contribution in [0.1, 0.15) is 36.8 Å². The fourth-order valence-electron chi connectivity index (χ4n) is 2.55. The van der Waals surface area contributed by atoms with E-state index in [0.717, 1.165) is 13.0 Å². The van der Waals surface area contributed by atoms with E-state index in [1.165, 1.54) is 12.8 Å². The van der Waals surface area contributed by atoms with Gasteiger partial charge < -0.3 is 5.32 Å². The van der Waals surface area contributed by atoms with Gasteiger partial charge >= 0.3 is 0 Å². The number of hydrogen-bond donors (Lipinski definition) is 1. The van der Waals surface area contributed by atoms with Crippen LogP contribution in [0.15, 0.2) is 24.3 Å². The predicted octanol–water partition coefficient (Wildman–Crippen LogP) is 2.01. The number of nitriles is 1. The molecule has 0 spiro atoms. The molecule has 1 atom stereocenters. The summed E-state index contributed by atoms with van der Waals surface area (Å²) in [5.74, 6) is 0.233. The molecule has 1 saturated heterocycles. The molecule has 1 heterocycles. The minimum Gasteiger partial charge on any atom is -0.314 e. The van der Waals surface area contributed by atoms with E-state index >= 15 is 0 Å². The number of nitrogens with one attached hydrogen (secondary N) is 1. The largest absolute Gasteiger partial charge is 0.314 e. The molecule has 0 aliphatic carbocycles. The SMILES string of the molecule is N#Cc1cccc(CS(=O)(=O)CCC2CCCCN2)c1. The van der Waals surface area contributed by atoms with Crippen LogP contribution in [0.2, 0.25) is 0 Å². The van der Waals surface area contributed by atoms with E-state index in [4.69, 9.17) is 5.26 Å². The number of benzene rings is 1. The van der Waals surface area contributed by atoms with Gasteiger partial charge in [0.25, 0.3) is 0 Å². The quantitative estimate of drug-likeness (QED) is 0.901. The first kappa shape index (κ1) is 15.0. The van der Waals surface area contributed by atoms with Crippen LogP contribution in [0.4, 0.5) is 0 Å². The van der Waals surface area contributed by atoms with Crippen LogP contribution in [0.5, 0.6) is 0 Å². The van der Waals surface area contributed by atoms with Gasteiger partial charge in [-0.05, 0) is 43.5 Å². The Morgan fingerprint density at radius 2 is 2.20 bits per heavy atom. The molecule has 1 unspecified atom stereocenters. The maximum absolute atomic E-state index is 12.1. The lowest BCUT2D eigenvalue weighted by atomic mass is 10.0.